The van der Waals surface area contributed by atoms with Crippen LogP contribution in [0.15, 0.2) is 17.5 Å². The van der Waals surface area contributed by atoms with E-state index < -0.39 is 0 Å². The first-order valence-electron chi connectivity index (χ1n) is 7.51. The maximum atomic E-state index is 12.3. The molecule has 2 aromatic rings. The van der Waals surface area contributed by atoms with Gasteiger partial charge in [-0.25, -0.2) is 4.98 Å². The number of nitrogens with one attached hydrogen (secondary N) is 2. The number of amides is 1. The maximum absolute atomic E-state index is 12.3. The van der Waals surface area contributed by atoms with Gasteiger partial charge in [-0.15, -0.1) is 11.3 Å². The van der Waals surface area contributed by atoms with E-state index in [4.69, 9.17) is 0 Å². The Morgan fingerprint density at radius 2 is 2.43 bits per heavy atom. The summed E-state index contributed by atoms with van der Waals surface area (Å²) in [6.45, 7) is 4.91. The minimum absolute atomic E-state index is 0.0675. The Balaban J connectivity index is 1.61. The molecule has 1 atom stereocenters. The van der Waals surface area contributed by atoms with Crippen LogP contribution in [0.1, 0.15) is 48.3 Å². The van der Waals surface area contributed by atoms with E-state index in [1.54, 1.807) is 11.3 Å². The fraction of sp³-hybridized carbons (Fsp3) is 0.500. The number of aromatic nitrogens is 2. The maximum Gasteiger partial charge on any atom is 0.223 e. The number of carbonyl (C=O) groups excluding carboxylic acids is 1. The molecule has 1 unspecified atom stereocenters. The molecule has 0 aromatic carbocycles. The van der Waals surface area contributed by atoms with E-state index in [2.05, 4.69) is 29.1 Å². The van der Waals surface area contributed by atoms with Gasteiger partial charge in [-0.2, -0.15) is 0 Å². The van der Waals surface area contributed by atoms with Crippen molar-refractivity contribution in [3.8, 4) is 0 Å². The first-order valence-corrected chi connectivity index (χ1v) is 8.39. The number of imidazole rings is 1. The number of hydrogen-bond donors (Lipinski definition) is 2. The number of aromatic amines is 1. The lowest BCUT2D eigenvalue weighted by atomic mass is 9.89. The molecule has 4 nitrogen and oxygen atoms in total. The second-order valence-corrected chi connectivity index (χ2v) is 6.97. The molecule has 0 aliphatic heterocycles. The van der Waals surface area contributed by atoms with E-state index in [1.165, 1.54) is 4.88 Å². The number of carbonyl (C=O) groups is 1. The number of thiophene rings is 1. The monoisotopic (exact) mass is 303 g/mol. The fourth-order valence-electron chi connectivity index (χ4n) is 2.73. The molecule has 21 heavy (non-hydrogen) atoms. The highest BCUT2D eigenvalue weighted by molar-refractivity contribution is 7.09. The summed E-state index contributed by atoms with van der Waals surface area (Å²) < 4.78 is 0. The SMILES string of the molecule is CC(C)c1nc2c([nH]1)CC(C(=O)NCc1cccs1)CC2. The highest BCUT2D eigenvalue weighted by Gasteiger charge is 2.27. The normalized spacial score (nSPS) is 17.8. The summed E-state index contributed by atoms with van der Waals surface area (Å²) in [5.74, 6) is 1.68. The smallest absolute Gasteiger partial charge is 0.223 e. The third kappa shape index (κ3) is 3.18. The highest BCUT2D eigenvalue weighted by atomic mass is 32.1. The van der Waals surface area contributed by atoms with Crippen LogP contribution in [0.2, 0.25) is 0 Å². The minimum atomic E-state index is 0.0675. The Hall–Kier alpha value is -1.62. The van der Waals surface area contributed by atoms with Crippen molar-refractivity contribution in [2.45, 2.75) is 45.6 Å². The van der Waals surface area contributed by atoms with E-state index >= 15 is 0 Å². The molecule has 0 fully saturated rings. The number of nitrogens with zero attached hydrogens (tertiary/aromatic N) is 1. The van der Waals surface area contributed by atoms with Gasteiger partial charge in [0, 0.05) is 28.8 Å². The molecule has 3 rings (SSSR count). The molecule has 1 amide bonds. The van der Waals surface area contributed by atoms with Crippen LogP contribution in [0.4, 0.5) is 0 Å². The number of rotatable bonds is 4. The molecule has 1 aliphatic carbocycles. The van der Waals surface area contributed by atoms with Crippen molar-refractivity contribution >= 4 is 17.2 Å². The van der Waals surface area contributed by atoms with E-state index in [1.807, 2.05) is 17.5 Å². The topological polar surface area (TPSA) is 57.8 Å². The van der Waals surface area contributed by atoms with E-state index in [0.29, 0.717) is 12.5 Å². The Morgan fingerprint density at radius 3 is 3.14 bits per heavy atom. The third-order valence-corrected chi connectivity index (χ3v) is 4.87. The average molecular weight is 303 g/mol. The second-order valence-electron chi connectivity index (χ2n) is 5.94. The molecule has 0 radical (unpaired) electrons. The quantitative estimate of drug-likeness (QED) is 0.912. The van der Waals surface area contributed by atoms with Gasteiger partial charge in [-0.3, -0.25) is 4.79 Å². The van der Waals surface area contributed by atoms with Crippen LogP contribution in [0.3, 0.4) is 0 Å². The van der Waals surface area contributed by atoms with E-state index in [-0.39, 0.29) is 11.8 Å². The molecule has 5 heteroatoms. The molecular formula is C16H21N3OS. The number of H-pyrrole nitrogens is 1. The van der Waals surface area contributed by atoms with Gasteiger partial charge in [0.15, 0.2) is 0 Å². The zero-order valence-corrected chi connectivity index (χ0v) is 13.3. The first-order chi connectivity index (χ1) is 10.1. The van der Waals surface area contributed by atoms with Crippen molar-refractivity contribution in [3.05, 3.63) is 39.6 Å². The van der Waals surface area contributed by atoms with Crippen LogP contribution >= 0.6 is 11.3 Å². The summed E-state index contributed by atoms with van der Waals surface area (Å²) in [5, 5.41) is 5.09. The predicted molar refractivity (Wildman–Crippen MR) is 84.4 cm³/mol. The molecule has 112 valence electrons. The van der Waals surface area contributed by atoms with Crippen molar-refractivity contribution in [3.63, 3.8) is 0 Å². The Kier molecular flexibility index (Phi) is 4.10. The standard InChI is InChI=1S/C16H21N3OS/c1-10(2)15-18-13-6-5-11(8-14(13)19-15)16(20)17-9-12-4-3-7-21-12/h3-4,7,10-11H,5-6,8-9H2,1-2H3,(H,17,20)(H,18,19). The van der Waals surface area contributed by atoms with Crippen molar-refractivity contribution in [1.82, 2.24) is 15.3 Å². The summed E-state index contributed by atoms with van der Waals surface area (Å²) in [4.78, 5) is 21.5. The van der Waals surface area contributed by atoms with Crippen molar-refractivity contribution in [1.29, 1.82) is 0 Å². The lowest BCUT2D eigenvalue weighted by molar-refractivity contribution is -0.125. The van der Waals surface area contributed by atoms with Gasteiger partial charge in [0.2, 0.25) is 5.91 Å². The minimum Gasteiger partial charge on any atom is -0.351 e. The van der Waals surface area contributed by atoms with Gasteiger partial charge in [0.25, 0.3) is 0 Å². The highest BCUT2D eigenvalue weighted by Crippen LogP contribution is 2.26. The summed E-state index contributed by atoms with van der Waals surface area (Å²) >= 11 is 1.68. The van der Waals surface area contributed by atoms with Gasteiger partial charge in [-0.05, 0) is 24.3 Å². The van der Waals surface area contributed by atoms with Gasteiger partial charge >= 0.3 is 0 Å². The second kappa shape index (κ2) is 6.02. The zero-order valence-electron chi connectivity index (χ0n) is 12.5. The van der Waals surface area contributed by atoms with Crippen molar-refractivity contribution in [2.24, 2.45) is 5.92 Å². The molecule has 0 saturated heterocycles. The summed E-state index contributed by atoms with van der Waals surface area (Å²) in [5.41, 5.74) is 2.31. The van der Waals surface area contributed by atoms with Gasteiger partial charge < -0.3 is 10.3 Å². The Bertz CT molecular complexity index is 616. The molecule has 0 bridgehead atoms. The largest absolute Gasteiger partial charge is 0.351 e. The fourth-order valence-corrected chi connectivity index (χ4v) is 3.38. The van der Waals surface area contributed by atoms with Crippen LogP contribution < -0.4 is 5.32 Å². The van der Waals surface area contributed by atoms with Crippen molar-refractivity contribution < 1.29 is 4.79 Å². The Labute approximate surface area is 129 Å². The molecule has 2 aromatic heterocycles. The molecular weight excluding hydrogens is 282 g/mol. The lowest BCUT2D eigenvalue weighted by Gasteiger charge is -2.20. The number of hydrogen-bond acceptors (Lipinski definition) is 3. The van der Waals surface area contributed by atoms with Gasteiger partial charge in [0.1, 0.15) is 5.82 Å². The summed E-state index contributed by atoms with van der Waals surface area (Å²) in [6.07, 6.45) is 2.58. The molecule has 2 heterocycles. The van der Waals surface area contributed by atoms with Gasteiger partial charge in [0.05, 0.1) is 12.2 Å². The van der Waals surface area contributed by atoms with Crippen LogP contribution in [0.5, 0.6) is 0 Å². The van der Waals surface area contributed by atoms with Gasteiger partial charge in [-0.1, -0.05) is 19.9 Å². The van der Waals surface area contributed by atoms with Crippen molar-refractivity contribution in [2.75, 3.05) is 0 Å². The van der Waals surface area contributed by atoms with Crippen LogP contribution in [-0.2, 0) is 24.2 Å². The van der Waals surface area contributed by atoms with E-state index in [0.717, 1.165) is 36.5 Å². The van der Waals surface area contributed by atoms with Crippen LogP contribution in [0.25, 0.3) is 0 Å². The zero-order chi connectivity index (χ0) is 14.8. The lowest BCUT2D eigenvalue weighted by Crippen LogP contribution is -2.33. The number of aryl methyl sites for hydroxylation is 1. The third-order valence-electron chi connectivity index (χ3n) is 4.00. The van der Waals surface area contributed by atoms with Crippen LogP contribution in [0, 0.1) is 5.92 Å². The number of fused-ring (bicyclic) bond motifs is 1. The molecule has 1 aliphatic rings. The molecule has 2 N–H and O–H groups in total. The molecule has 0 saturated carbocycles. The first kappa shape index (κ1) is 14.3. The summed E-state index contributed by atoms with van der Waals surface area (Å²) in [7, 11) is 0. The predicted octanol–water partition coefficient (Wildman–Crippen LogP) is 3.02. The van der Waals surface area contributed by atoms with E-state index in [9.17, 15) is 4.79 Å². The average Bonchev–Trinajstić information content (AvgIpc) is 3.12. The Morgan fingerprint density at radius 1 is 1.57 bits per heavy atom. The molecule has 0 spiro atoms. The summed E-state index contributed by atoms with van der Waals surface area (Å²) in [6, 6.07) is 4.06. The van der Waals surface area contributed by atoms with Crippen LogP contribution in [-0.4, -0.2) is 15.9 Å².